The molecule has 0 aromatic heterocycles. The van der Waals surface area contributed by atoms with Gasteiger partial charge in [-0.1, -0.05) is 18.2 Å². The van der Waals surface area contributed by atoms with Crippen LogP contribution in [0.4, 0.5) is 0 Å². The third kappa shape index (κ3) is 2.52. The highest BCUT2D eigenvalue weighted by atomic mass is 32.2. The van der Waals surface area contributed by atoms with Crippen molar-refractivity contribution in [1.82, 2.24) is 0 Å². The van der Waals surface area contributed by atoms with Crippen molar-refractivity contribution >= 4 is 29.3 Å². The Hall–Kier alpha value is -0.670. The molecule has 1 aromatic rings. The normalized spacial score (nSPS) is 15.3. The number of allylic oxidation sites excluding steroid dienone is 1. The maximum Gasteiger partial charge on any atom is 0.190 e. The van der Waals surface area contributed by atoms with Crippen LogP contribution < -0.4 is 0 Å². The van der Waals surface area contributed by atoms with Gasteiger partial charge < -0.3 is 0 Å². The summed E-state index contributed by atoms with van der Waals surface area (Å²) < 4.78 is 1.18. The van der Waals surface area contributed by atoms with Gasteiger partial charge in [-0.25, -0.2) is 0 Å². The molecule has 0 spiro atoms. The second kappa shape index (κ2) is 5.98. The molecular weight excluding hydrogens is 260 g/mol. The molecule has 0 atom stereocenters. The first-order valence-corrected chi connectivity index (χ1v) is 8.58. The minimum atomic E-state index is 0.241. The van der Waals surface area contributed by atoms with Gasteiger partial charge in [0.1, 0.15) is 0 Å². The number of benzene rings is 1. The summed E-state index contributed by atoms with van der Waals surface area (Å²) in [6.45, 7) is 2.10. The summed E-state index contributed by atoms with van der Waals surface area (Å²) in [7, 11) is 0. The Morgan fingerprint density at radius 2 is 1.89 bits per heavy atom. The van der Waals surface area contributed by atoms with Gasteiger partial charge >= 0.3 is 0 Å². The van der Waals surface area contributed by atoms with Crippen molar-refractivity contribution in [1.29, 1.82) is 0 Å². The molecule has 0 heterocycles. The second-order valence-electron chi connectivity index (χ2n) is 4.46. The van der Waals surface area contributed by atoms with Crippen LogP contribution in [0.2, 0.25) is 0 Å². The number of ketones is 1. The van der Waals surface area contributed by atoms with E-state index in [1.54, 1.807) is 23.5 Å². The number of aryl methyl sites for hydroxylation is 1. The first-order valence-electron chi connectivity index (χ1n) is 6.13. The molecule has 1 nitrogen and oxygen atoms in total. The Balaban J connectivity index is 2.54. The molecule has 96 valence electrons. The lowest BCUT2D eigenvalue weighted by Crippen LogP contribution is -2.05. The molecule has 0 fully saturated rings. The molecule has 2 rings (SSSR count). The van der Waals surface area contributed by atoms with Crippen molar-refractivity contribution in [3.63, 3.8) is 0 Å². The largest absolute Gasteiger partial charge is 0.289 e. The Morgan fingerprint density at radius 1 is 1.17 bits per heavy atom. The van der Waals surface area contributed by atoms with Gasteiger partial charge in [-0.3, -0.25) is 4.79 Å². The van der Waals surface area contributed by atoms with E-state index < -0.39 is 0 Å². The molecular formula is C15H18OS2. The van der Waals surface area contributed by atoms with E-state index in [1.807, 2.05) is 24.6 Å². The van der Waals surface area contributed by atoms with Crippen molar-refractivity contribution in [2.24, 2.45) is 0 Å². The van der Waals surface area contributed by atoms with E-state index in [1.165, 1.54) is 15.4 Å². The molecule has 0 saturated carbocycles. The van der Waals surface area contributed by atoms with Crippen molar-refractivity contribution in [2.45, 2.75) is 26.2 Å². The summed E-state index contributed by atoms with van der Waals surface area (Å²) in [4.78, 5) is 12.7. The van der Waals surface area contributed by atoms with Crippen LogP contribution in [0, 0.1) is 6.92 Å². The maximum absolute atomic E-state index is 12.7. The van der Waals surface area contributed by atoms with E-state index >= 15 is 0 Å². The van der Waals surface area contributed by atoms with Crippen LogP contribution in [0.3, 0.4) is 0 Å². The molecule has 3 heteroatoms. The van der Waals surface area contributed by atoms with Gasteiger partial charge in [0.15, 0.2) is 5.78 Å². The third-order valence-corrected chi connectivity index (χ3v) is 5.63. The molecule has 1 aliphatic rings. The zero-order valence-corrected chi connectivity index (χ0v) is 12.7. The van der Waals surface area contributed by atoms with E-state index in [9.17, 15) is 4.79 Å². The summed E-state index contributed by atoms with van der Waals surface area (Å²) in [5.74, 6) is 0.241. The molecule has 0 saturated heterocycles. The van der Waals surface area contributed by atoms with Crippen molar-refractivity contribution in [3.8, 4) is 0 Å². The predicted molar refractivity (Wildman–Crippen MR) is 82.5 cm³/mol. The van der Waals surface area contributed by atoms with Crippen LogP contribution in [0.15, 0.2) is 28.0 Å². The van der Waals surface area contributed by atoms with E-state index in [-0.39, 0.29) is 5.78 Å². The number of hydrogen-bond acceptors (Lipinski definition) is 3. The second-order valence-corrected chi connectivity index (χ2v) is 6.35. The van der Waals surface area contributed by atoms with E-state index in [0.717, 1.165) is 30.4 Å². The van der Waals surface area contributed by atoms with E-state index in [2.05, 4.69) is 13.0 Å². The molecule has 1 aliphatic carbocycles. The predicted octanol–water partition coefficient (Wildman–Crippen LogP) is 4.45. The standard InChI is InChI=1S/C15H18OS2/c1-10-6-4-8-12-11(10)7-5-9-13(14(12)16)15(17-2)18-3/h4,6,8H,5,7,9H2,1-3H3. The zero-order chi connectivity index (χ0) is 13.1. The van der Waals surface area contributed by atoms with Gasteiger partial charge in [0.2, 0.25) is 0 Å². The van der Waals surface area contributed by atoms with Crippen LogP contribution in [0.1, 0.15) is 34.3 Å². The molecule has 0 amide bonds. The van der Waals surface area contributed by atoms with Crippen molar-refractivity contribution < 1.29 is 4.79 Å². The molecule has 18 heavy (non-hydrogen) atoms. The minimum Gasteiger partial charge on any atom is -0.289 e. The van der Waals surface area contributed by atoms with Gasteiger partial charge in [-0.05, 0) is 49.8 Å². The number of carbonyl (C=O) groups is 1. The number of fused-ring (bicyclic) bond motifs is 1. The molecule has 0 aliphatic heterocycles. The molecule has 0 radical (unpaired) electrons. The lowest BCUT2D eigenvalue weighted by atomic mass is 9.97. The molecule has 0 bridgehead atoms. The van der Waals surface area contributed by atoms with Crippen molar-refractivity contribution in [2.75, 3.05) is 12.5 Å². The summed E-state index contributed by atoms with van der Waals surface area (Å²) in [5.41, 5.74) is 4.43. The van der Waals surface area contributed by atoms with Crippen LogP contribution in [0.5, 0.6) is 0 Å². The number of hydrogen-bond donors (Lipinski definition) is 0. The van der Waals surface area contributed by atoms with E-state index in [4.69, 9.17) is 0 Å². The average molecular weight is 278 g/mol. The Bertz CT molecular complexity index is 497. The lowest BCUT2D eigenvalue weighted by Gasteiger charge is -2.10. The smallest absolute Gasteiger partial charge is 0.190 e. The Kier molecular flexibility index (Phi) is 4.57. The van der Waals surface area contributed by atoms with Crippen molar-refractivity contribution in [3.05, 3.63) is 44.7 Å². The lowest BCUT2D eigenvalue weighted by molar-refractivity contribution is 0.103. The highest BCUT2D eigenvalue weighted by molar-refractivity contribution is 8.21. The SMILES string of the molecule is CSC(SC)=C1CCCc2c(C)cccc2C1=O. The Morgan fingerprint density at radius 3 is 2.56 bits per heavy atom. The van der Waals surface area contributed by atoms with Crippen LogP contribution >= 0.6 is 23.5 Å². The number of carbonyl (C=O) groups excluding carboxylic acids is 1. The Labute approximate surface area is 117 Å². The highest BCUT2D eigenvalue weighted by Crippen LogP contribution is 2.35. The van der Waals surface area contributed by atoms with Gasteiger partial charge in [-0.2, -0.15) is 0 Å². The van der Waals surface area contributed by atoms with Crippen LogP contribution in [-0.4, -0.2) is 18.3 Å². The monoisotopic (exact) mass is 278 g/mol. The molecule has 0 unspecified atom stereocenters. The van der Waals surface area contributed by atoms with Gasteiger partial charge in [0, 0.05) is 15.4 Å². The first-order chi connectivity index (χ1) is 8.69. The number of thioether (sulfide) groups is 2. The highest BCUT2D eigenvalue weighted by Gasteiger charge is 2.23. The summed E-state index contributed by atoms with van der Waals surface area (Å²) >= 11 is 3.38. The summed E-state index contributed by atoms with van der Waals surface area (Å²) in [6, 6.07) is 6.08. The minimum absolute atomic E-state index is 0.241. The zero-order valence-electron chi connectivity index (χ0n) is 11.1. The number of Topliss-reactive ketones (excluding diaryl/α,β-unsaturated/α-hetero) is 1. The fourth-order valence-electron chi connectivity index (χ4n) is 2.49. The quantitative estimate of drug-likeness (QED) is 0.587. The van der Waals surface area contributed by atoms with Crippen LogP contribution in [0.25, 0.3) is 0 Å². The maximum atomic E-state index is 12.7. The summed E-state index contributed by atoms with van der Waals surface area (Å²) in [5, 5.41) is 0. The molecule has 0 N–H and O–H groups in total. The van der Waals surface area contributed by atoms with Gasteiger partial charge in [0.25, 0.3) is 0 Å². The fraction of sp³-hybridized carbons (Fsp3) is 0.400. The van der Waals surface area contributed by atoms with Gasteiger partial charge in [-0.15, -0.1) is 23.5 Å². The average Bonchev–Trinajstić information content (AvgIpc) is 2.54. The number of rotatable bonds is 2. The molecule has 1 aromatic carbocycles. The first kappa shape index (κ1) is 13.8. The van der Waals surface area contributed by atoms with Crippen LogP contribution in [-0.2, 0) is 6.42 Å². The third-order valence-electron chi connectivity index (χ3n) is 3.40. The summed E-state index contributed by atoms with van der Waals surface area (Å²) in [6.07, 6.45) is 7.10. The van der Waals surface area contributed by atoms with Gasteiger partial charge in [0.05, 0.1) is 0 Å². The fourth-order valence-corrected chi connectivity index (χ4v) is 4.04. The topological polar surface area (TPSA) is 17.1 Å². The van der Waals surface area contributed by atoms with E-state index in [0.29, 0.717) is 0 Å².